The van der Waals surface area contributed by atoms with E-state index < -0.39 is 11.9 Å². The standard InChI is InChI=1S/2C10H22O.C8H6O4/c2*1-3-5-6-8-10(9-11)7-4-2;9-7(10)5-1-2-6(4-3-5)8(11)12/h2*10-11H,3-9H2,1-2H3;1-4H,(H,9,10)(H,11,12). The second-order valence-electron chi connectivity index (χ2n) is 8.85. The molecule has 0 aliphatic rings. The smallest absolute Gasteiger partial charge is 0.335 e. The van der Waals surface area contributed by atoms with Gasteiger partial charge in [0.2, 0.25) is 0 Å². The van der Waals surface area contributed by atoms with Crippen molar-refractivity contribution in [2.75, 3.05) is 13.2 Å². The monoisotopic (exact) mass is 482 g/mol. The van der Waals surface area contributed by atoms with Gasteiger partial charge in [-0.2, -0.15) is 0 Å². The van der Waals surface area contributed by atoms with Gasteiger partial charge in [-0.05, 0) is 61.8 Å². The van der Waals surface area contributed by atoms with Crippen molar-refractivity contribution in [3.05, 3.63) is 35.4 Å². The van der Waals surface area contributed by atoms with Gasteiger partial charge in [-0.3, -0.25) is 0 Å². The van der Waals surface area contributed by atoms with Gasteiger partial charge >= 0.3 is 11.9 Å². The molecule has 0 bridgehead atoms. The van der Waals surface area contributed by atoms with Crippen molar-refractivity contribution in [1.29, 1.82) is 0 Å². The van der Waals surface area contributed by atoms with E-state index in [1.165, 1.54) is 101 Å². The molecule has 0 aliphatic heterocycles. The molecule has 2 atom stereocenters. The minimum Gasteiger partial charge on any atom is -0.478 e. The molecule has 0 fully saturated rings. The van der Waals surface area contributed by atoms with E-state index in [2.05, 4.69) is 27.7 Å². The molecule has 0 aromatic heterocycles. The number of aliphatic hydroxyl groups excluding tert-OH is 2. The largest absolute Gasteiger partial charge is 0.478 e. The average molecular weight is 483 g/mol. The minimum atomic E-state index is -1.06. The maximum absolute atomic E-state index is 10.3. The van der Waals surface area contributed by atoms with E-state index in [-0.39, 0.29) is 11.1 Å². The van der Waals surface area contributed by atoms with E-state index in [0.717, 1.165) is 0 Å². The van der Waals surface area contributed by atoms with Gasteiger partial charge in [-0.1, -0.05) is 79.1 Å². The van der Waals surface area contributed by atoms with Gasteiger partial charge in [-0.15, -0.1) is 0 Å². The Bertz CT molecular complexity index is 546. The Morgan fingerprint density at radius 2 is 0.912 bits per heavy atom. The Hall–Kier alpha value is -1.92. The first kappa shape index (κ1) is 34.2. The predicted molar refractivity (Wildman–Crippen MR) is 140 cm³/mol. The summed E-state index contributed by atoms with van der Waals surface area (Å²) in [6.45, 7) is 9.57. The number of unbranched alkanes of at least 4 members (excludes halogenated alkanes) is 4. The van der Waals surface area contributed by atoms with Gasteiger partial charge in [0.25, 0.3) is 0 Å². The van der Waals surface area contributed by atoms with Crippen LogP contribution in [0.2, 0.25) is 0 Å². The predicted octanol–water partition coefficient (Wildman–Crippen LogP) is 7.03. The lowest BCUT2D eigenvalue weighted by Crippen LogP contribution is -2.05. The first-order valence-electron chi connectivity index (χ1n) is 13.1. The molecule has 1 aromatic carbocycles. The molecule has 0 aliphatic carbocycles. The van der Waals surface area contributed by atoms with Crippen LogP contribution in [0.15, 0.2) is 24.3 Å². The number of carbonyl (C=O) groups is 2. The Morgan fingerprint density at radius 3 is 1.12 bits per heavy atom. The normalized spacial score (nSPS) is 11.9. The summed E-state index contributed by atoms with van der Waals surface area (Å²) in [5.74, 6) is -0.975. The molecular formula is C28H50O6. The average Bonchev–Trinajstić information content (AvgIpc) is 2.84. The van der Waals surface area contributed by atoms with Crippen LogP contribution in [-0.2, 0) is 0 Å². The van der Waals surface area contributed by atoms with Crippen molar-refractivity contribution >= 4 is 11.9 Å². The SMILES string of the molecule is CCCCCC(CO)CCC.CCCCCC(CO)CCC.O=C(O)c1ccc(C(=O)O)cc1. The van der Waals surface area contributed by atoms with Crippen LogP contribution >= 0.6 is 0 Å². The van der Waals surface area contributed by atoms with E-state index in [4.69, 9.17) is 20.4 Å². The van der Waals surface area contributed by atoms with Crippen LogP contribution in [0.4, 0.5) is 0 Å². The molecule has 1 aromatic rings. The zero-order chi connectivity index (χ0) is 26.2. The highest BCUT2D eigenvalue weighted by atomic mass is 16.4. The van der Waals surface area contributed by atoms with Gasteiger partial charge in [0, 0.05) is 13.2 Å². The van der Waals surface area contributed by atoms with Gasteiger partial charge in [0.1, 0.15) is 0 Å². The molecule has 2 unspecified atom stereocenters. The van der Waals surface area contributed by atoms with Crippen molar-refractivity contribution in [3.8, 4) is 0 Å². The molecule has 6 heteroatoms. The van der Waals surface area contributed by atoms with Crippen molar-refractivity contribution in [1.82, 2.24) is 0 Å². The van der Waals surface area contributed by atoms with Crippen LogP contribution in [0.25, 0.3) is 0 Å². The third kappa shape index (κ3) is 19.5. The van der Waals surface area contributed by atoms with Crippen LogP contribution in [0.1, 0.15) is 125 Å². The number of rotatable bonds is 16. The minimum absolute atomic E-state index is 0.0833. The number of aromatic carboxylic acids is 2. The Balaban J connectivity index is 0. The molecule has 0 spiro atoms. The summed E-state index contributed by atoms with van der Waals surface area (Å²) < 4.78 is 0. The summed E-state index contributed by atoms with van der Waals surface area (Å²) in [6.07, 6.45) is 15.0. The molecule has 0 saturated carbocycles. The highest BCUT2D eigenvalue weighted by Crippen LogP contribution is 2.15. The fourth-order valence-corrected chi connectivity index (χ4v) is 3.59. The van der Waals surface area contributed by atoms with E-state index in [1.54, 1.807) is 0 Å². The quantitative estimate of drug-likeness (QED) is 0.188. The summed E-state index contributed by atoms with van der Waals surface area (Å²) in [4.78, 5) is 20.7. The third-order valence-electron chi connectivity index (χ3n) is 5.72. The van der Waals surface area contributed by atoms with Gasteiger partial charge in [0.15, 0.2) is 0 Å². The first-order valence-corrected chi connectivity index (χ1v) is 13.1. The highest BCUT2D eigenvalue weighted by Gasteiger charge is 2.06. The summed E-state index contributed by atoms with van der Waals surface area (Å²) in [7, 11) is 0. The number of benzene rings is 1. The molecule has 0 saturated heterocycles. The maximum Gasteiger partial charge on any atom is 0.335 e. The van der Waals surface area contributed by atoms with E-state index in [1.807, 2.05) is 0 Å². The van der Waals surface area contributed by atoms with Gasteiger partial charge in [0.05, 0.1) is 11.1 Å². The van der Waals surface area contributed by atoms with Gasteiger partial charge in [-0.25, -0.2) is 9.59 Å². The highest BCUT2D eigenvalue weighted by molar-refractivity contribution is 5.91. The number of carboxylic acid groups (broad SMARTS) is 2. The molecular weight excluding hydrogens is 432 g/mol. The van der Waals surface area contributed by atoms with Crippen LogP contribution in [-0.4, -0.2) is 45.6 Å². The fourth-order valence-electron chi connectivity index (χ4n) is 3.59. The van der Waals surface area contributed by atoms with Crippen molar-refractivity contribution in [2.24, 2.45) is 11.8 Å². The third-order valence-corrected chi connectivity index (χ3v) is 5.72. The zero-order valence-corrected chi connectivity index (χ0v) is 22.0. The molecule has 0 radical (unpaired) electrons. The van der Waals surface area contributed by atoms with Crippen molar-refractivity contribution in [2.45, 2.75) is 105 Å². The number of hydrogen-bond acceptors (Lipinski definition) is 4. The second-order valence-corrected chi connectivity index (χ2v) is 8.85. The van der Waals surface area contributed by atoms with Crippen LogP contribution in [0.3, 0.4) is 0 Å². The Morgan fingerprint density at radius 1 is 0.588 bits per heavy atom. The number of carboxylic acids is 2. The second kappa shape index (κ2) is 24.2. The summed E-state index contributed by atoms with van der Waals surface area (Å²) in [6, 6.07) is 5.02. The first-order chi connectivity index (χ1) is 16.3. The molecule has 1 rings (SSSR count). The molecule has 4 N–H and O–H groups in total. The lowest BCUT2D eigenvalue weighted by Gasteiger charge is -2.11. The summed E-state index contributed by atoms with van der Waals surface area (Å²) in [5.41, 5.74) is 0.167. The van der Waals surface area contributed by atoms with Crippen molar-refractivity contribution in [3.63, 3.8) is 0 Å². The van der Waals surface area contributed by atoms with Gasteiger partial charge < -0.3 is 20.4 Å². The number of hydrogen-bond donors (Lipinski definition) is 4. The fraction of sp³-hybridized carbons (Fsp3) is 0.714. The topological polar surface area (TPSA) is 115 Å². The Kier molecular flexibility index (Phi) is 24.4. The lowest BCUT2D eigenvalue weighted by molar-refractivity contribution is 0.0681. The molecule has 0 amide bonds. The van der Waals surface area contributed by atoms with E-state index >= 15 is 0 Å². The molecule has 6 nitrogen and oxygen atoms in total. The molecule has 198 valence electrons. The summed E-state index contributed by atoms with van der Waals surface area (Å²) in [5, 5.41) is 34.8. The van der Waals surface area contributed by atoms with Crippen LogP contribution in [0, 0.1) is 11.8 Å². The van der Waals surface area contributed by atoms with E-state index in [9.17, 15) is 9.59 Å². The van der Waals surface area contributed by atoms with Crippen LogP contribution in [0.5, 0.6) is 0 Å². The molecule has 34 heavy (non-hydrogen) atoms. The van der Waals surface area contributed by atoms with E-state index in [0.29, 0.717) is 25.0 Å². The number of aliphatic hydroxyl groups is 2. The molecule has 0 heterocycles. The van der Waals surface area contributed by atoms with Crippen LogP contribution < -0.4 is 0 Å². The summed E-state index contributed by atoms with van der Waals surface area (Å²) >= 11 is 0. The lowest BCUT2D eigenvalue weighted by atomic mass is 9.98. The maximum atomic E-state index is 10.3. The zero-order valence-electron chi connectivity index (χ0n) is 22.0. The Labute approximate surface area is 207 Å². The van der Waals surface area contributed by atoms with Crippen molar-refractivity contribution < 1.29 is 30.0 Å².